The predicted octanol–water partition coefficient (Wildman–Crippen LogP) is 3.20. The largest absolute Gasteiger partial charge is 0.311 e. The van der Waals surface area contributed by atoms with E-state index >= 15 is 0 Å². The average molecular weight is 268 g/mol. The molecule has 2 nitrogen and oxygen atoms in total. The first-order chi connectivity index (χ1) is 9.16. The molecule has 1 unspecified atom stereocenters. The highest BCUT2D eigenvalue weighted by Crippen LogP contribution is 2.19. The summed E-state index contributed by atoms with van der Waals surface area (Å²) in [6.45, 7) is 2.74. The van der Waals surface area contributed by atoms with Gasteiger partial charge in [-0.05, 0) is 38.1 Å². The van der Waals surface area contributed by atoms with Crippen molar-refractivity contribution in [3.8, 4) is 0 Å². The van der Waals surface area contributed by atoms with Crippen molar-refractivity contribution in [2.75, 3.05) is 20.1 Å². The maximum Gasteiger partial charge on any atom is 0.263 e. The molecule has 106 valence electrons. The molecule has 1 aliphatic rings. The molecule has 1 fully saturated rings. The van der Waals surface area contributed by atoms with Gasteiger partial charge >= 0.3 is 0 Å². The Morgan fingerprint density at radius 1 is 1.37 bits per heavy atom. The zero-order valence-electron chi connectivity index (χ0n) is 11.4. The molecule has 1 saturated heterocycles. The highest BCUT2D eigenvalue weighted by molar-refractivity contribution is 5.24. The molecule has 1 heterocycles. The van der Waals surface area contributed by atoms with Gasteiger partial charge in [0.15, 0.2) is 0 Å². The number of halogens is 2. The van der Waals surface area contributed by atoms with Crippen molar-refractivity contribution in [3.05, 3.63) is 35.4 Å². The molecule has 1 N–H and O–H groups in total. The van der Waals surface area contributed by atoms with Crippen LogP contribution in [0.5, 0.6) is 0 Å². The molecular formula is C15H22F2N2. The van der Waals surface area contributed by atoms with Crippen LogP contribution >= 0.6 is 0 Å². The molecule has 4 heteroatoms. The normalized spacial score (nSPS) is 20.9. The first kappa shape index (κ1) is 14.4. The summed E-state index contributed by atoms with van der Waals surface area (Å²) in [5.41, 5.74) is 1.03. The Kier molecular flexibility index (Phi) is 5.28. The molecule has 0 saturated carbocycles. The lowest BCUT2D eigenvalue weighted by atomic mass is 10.0. The number of hydrogen-bond donors (Lipinski definition) is 1. The van der Waals surface area contributed by atoms with Gasteiger partial charge in [0.25, 0.3) is 6.43 Å². The summed E-state index contributed by atoms with van der Waals surface area (Å²) in [6.07, 6.45) is 1.41. The smallest absolute Gasteiger partial charge is 0.263 e. The fourth-order valence-electron chi connectivity index (χ4n) is 2.62. The lowest BCUT2D eigenvalue weighted by Crippen LogP contribution is -2.42. The predicted molar refractivity (Wildman–Crippen MR) is 73.4 cm³/mol. The summed E-state index contributed by atoms with van der Waals surface area (Å²) < 4.78 is 25.2. The van der Waals surface area contributed by atoms with Crippen LogP contribution in [0.4, 0.5) is 8.78 Å². The van der Waals surface area contributed by atoms with Gasteiger partial charge in [0.05, 0.1) is 0 Å². The molecular weight excluding hydrogens is 246 g/mol. The van der Waals surface area contributed by atoms with E-state index in [9.17, 15) is 8.78 Å². The van der Waals surface area contributed by atoms with Gasteiger partial charge in [-0.1, -0.05) is 24.6 Å². The number of hydrogen-bond acceptors (Lipinski definition) is 2. The summed E-state index contributed by atoms with van der Waals surface area (Å²) >= 11 is 0. The van der Waals surface area contributed by atoms with Crippen LogP contribution in [0.25, 0.3) is 0 Å². The van der Waals surface area contributed by atoms with E-state index in [1.807, 2.05) is 6.07 Å². The van der Waals surface area contributed by atoms with Gasteiger partial charge < -0.3 is 10.2 Å². The molecule has 1 aliphatic heterocycles. The van der Waals surface area contributed by atoms with Crippen molar-refractivity contribution in [1.82, 2.24) is 10.2 Å². The summed E-state index contributed by atoms with van der Waals surface area (Å²) in [6, 6.07) is 7.23. The van der Waals surface area contributed by atoms with Crippen LogP contribution in [-0.2, 0) is 6.54 Å². The molecule has 2 rings (SSSR count). The minimum atomic E-state index is -2.38. The van der Waals surface area contributed by atoms with Crippen molar-refractivity contribution in [1.29, 1.82) is 0 Å². The topological polar surface area (TPSA) is 15.3 Å². The summed E-state index contributed by atoms with van der Waals surface area (Å²) in [7, 11) is 2.16. The Morgan fingerprint density at radius 2 is 2.21 bits per heavy atom. The number of piperidine rings is 1. The van der Waals surface area contributed by atoms with Crippen molar-refractivity contribution in [2.45, 2.75) is 38.3 Å². The lowest BCUT2D eigenvalue weighted by molar-refractivity contribution is 0.151. The summed E-state index contributed by atoms with van der Waals surface area (Å²) in [5, 5.41) is 3.38. The van der Waals surface area contributed by atoms with Gasteiger partial charge in [0.2, 0.25) is 0 Å². The number of benzene rings is 1. The van der Waals surface area contributed by atoms with Gasteiger partial charge in [-0.25, -0.2) is 8.78 Å². The molecule has 1 aromatic rings. The van der Waals surface area contributed by atoms with Crippen molar-refractivity contribution < 1.29 is 8.78 Å². The number of alkyl halides is 2. The van der Waals surface area contributed by atoms with E-state index in [2.05, 4.69) is 17.3 Å². The molecule has 0 aromatic heterocycles. The molecule has 1 atom stereocenters. The molecule has 19 heavy (non-hydrogen) atoms. The van der Waals surface area contributed by atoms with Gasteiger partial charge in [0, 0.05) is 24.7 Å². The molecule has 0 aliphatic carbocycles. The Labute approximate surface area is 113 Å². The average Bonchev–Trinajstić information content (AvgIpc) is 2.41. The minimum Gasteiger partial charge on any atom is -0.311 e. The van der Waals surface area contributed by atoms with Crippen LogP contribution in [0.1, 0.15) is 36.8 Å². The maximum atomic E-state index is 12.6. The molecule has 0 amide bonds. The molecule has 0 radical (unpaired) electrons. The van der Waals surface area contributed by atoms with Crippen LogP contribution in [0.2, 0.25) is 0 Å². The van der Waals surface area contributed by atoms with Crippen LogP contribution in [-0.4, -0.2) is 31.1 Å². The quantitative estimate of drug-likeness (QED) is 0.882. The van der Waals surface area contributed by atoms with Gasteiger partial charge in [-0.3, -0.25) is 0 Å². The van der Waals surface area contributed by atoms with Crippen molar-refractivity contribution >= 4 is 0 Å². The standard InChI is InChI=1S/C15H22F2N2/c1-19-8-3-2-7-14(19)11-18-10-12-5-4-6-13(9-12)15(16)17/h4-6,9,14-15,18H,2-3,7-8,10-11H2,1H3. The highest BCUT2D eigenvalue weighted by Gasteiger charge is 2.17. The van der Waals surface area contributed by atoms with E-state index in [-0.39, 0.29) is 5.56 Å². The molecule has 1 aromatic carbocycles. The third-order valence-corrected chi connectivity index (χ3v) is 3.83. The minimum absolute atomic E-state index is 0.106. The van der Waals surface area contributed by atoms with E-state index in [1.54, 1.807) is 12.1 Å². The van der Waals surface area contributed by atoms with E-state index in [0.717, 1.165) is 18.7 Å². The molecule has 0 bridgehead atoms. The van der Waals surface area contributed by atoms with Crippen LogP contribution in [0.15, 0.2) is 24.3 Å². The monoisotopic (exact) mass is 268 g/mol. The van der Waals surface area contributed by atoms with Gasteiger partial charge in [-0.2, -0.15) is 0 Å². The van der Waals surface area contributed by atoms with Gasteiger partial charge in [0.1, 0.15) is 0 Å². The second-order valence-electron chi connectivity index (χ2n) is 5.31. The lowest BCUT2D eigenvalue weighted by Gasteiger charge is -2.32. The van der Waals surface area contributed by atoms with Crippen molar-refractivity contribution in [2.24, 2.45) is 0 Å². The second kappa shape index (κ2) is 6.96. The Bertz CT molecular complexity index is 395. The van der Waals surface area contributed by atoms with Crippen LogP contribution < -0.4 is 5.32 Å². The first-order valence-corrected chi connectivity index (χ1v) is 6.95. The van der Waals surface area contributed by atoms with E-state index in [1.165, 1.54) is 25.3 Å². The summed E-state index contributed by atoms with van der Waals surface area (Å²) in [5.74, 6) is 0. The number of rotatable bonds is 5. The van der Waals surface area contributed by atoms with E-state index in [4.69, 9.17) is 0 Å². The number of likely N-dealkylation sites (tertiary alicyclic amines) is 1. The fourth-order valence-corrected chi connectivity index (χ4v) is 2.62. The second-order valence-corrected chi connectivity index (χ2v) is 5.31. The van der Waals surface area contributed by atoms with Crippen LogP contribution in [0.3, 0.4) is 0 Å². The first-order valence-electron chi connectivity index (χ1n) is 6.95. The number of likely N-dealkylation sites (N-methyl/N-ethyl adjacent to an activating group) is 1. The Balaban J connectivity index is 1.80. The SMILES string of the molecule is CN1CCCCC1CNCc1cccc(C(F)F)c1. The van der Waals surface area contributed by atoms with E-state index < -0.39 is 6.43 Å². The van der Waals surface area contributed by atoms with Gasteiger partial charge in [-0.15, -0.1) is 0 Å². The third-order valence-electron chi connectivity index (χ3n) is 3.83. The van der Waals surface area contributed by atoms with Crippen molar-refractivity contribution in [3.63, 3.8) is 0 Å². The Morgan fingerprint density at radius 3 is 2.95 bits per heavy atom. The third kappa shape index (κ3) is 4.25. The summed E-state index contributed by atoms with van der Waals surface area (Å²) in [4.78, 5) is 2.38. The molecule has 0 spiro atoms. The number of nitrogens with one attached hydrogen (secondary N) is 1. The fraction of sp³-hybridized carbons (Fsp3) is 0.600. The zero-order valence-corrected chi connectivity index (χ0v) is 11.4. The Hall–Kier alpha value is -1.00. The zero-order chi connectivity index (χ0) is 13.7. The highest BCUT2D eigenvalue weighted by atomic mass is 19.3. The van der Waals surface area contributed by atoms with E-state index in [0.29, 0.717) is 12.6 Å². The maximum absolute atomic E-state index is 12.6. The number of nitrogens with zero attached hydrogens (tertiary/aromatic N) is 1. The van der Waals surface area contributed by atoms with Crippen LogP contribution in [0, 0.1) is 0 Å².